The van der Waals surface area contributed by atoms with Gasteiger partial charge in [-0.15, -0.1) is 0 Å². The molecule has 2 rings (SSSR count). The lowest BCUT2D eigenvalue weighted by Gasteiger charge is -2.28. The Balaban J connectivity index is 1.80. The first-order valence-electron chi connectivity index (χ1n) is 6.35. The molecule has 1 atom stereocenters. The average molecular weight is 240 g/mol. The van der Waals surface area contributed by atoms with E-state index in [1.807, 2.05) is 0 Å². The quantitative estimate of drug-likeness (QED) is 0.804. The van der Waals surface area contributed by atoms with Crippen molar-refractivity contribution in [1.29, 1.82) is 0 Å². The van der Waals surface area contributed by atoms with Crippen LogP contribution in [0.4, 0.5) is 4.79 Å². The van der Waals surface area contributed by atoms with Crippen molar-refractivity contribution in [2.45, 2.75) is 38.1 Å². The monoisotopic (exact) mass is 240 g/mol. The molecule has 1 aliphatic heterocycles. The number of nitrogens with one attached hydrogen (secondary N) is 1. The van der Waals surface area contributed by atoms with Crippen LogP contribution in [0.1, 0.15) is 32.1 Å². The summed E-state index contributed by atoms with van der Waals surface area (Å²) in [6.07, 6.45) is 5.80. The maximum Gasteiger partial charge on any atom is 0.407 e. The fraction of sp³-hybridized carbons (Fsp3) is 0.833. The number of cyclic esters (lactones) is 1. The summed E-state index contributed by atoms with van der Waals surface area (Å²) in [5, 5.41) is 2.52. The van der Waals surface area contributed by atoms with Crippen LogP contribution in [0.15, 0.2) is 0 Å². The molecule has 96 valence electrons. The molecule has 2 aliphatic rings. The summed E-state index contributed by atoms with van der Waals surface area (Å²) in [6.45, 7) is 0.956. The summed E-state index contributed by atoms with van der Waals surface area (Å²) in [5.74, 6) is 0.581. The minimum Gasteiger partial charge on any atom is -0.447 e. The normalized spacial score (nSPS) is 25.2. The van der Waals surface area contributed by atoms with Gasteiger partial charge in [0.15, 0.2) is 0 Å². The highest BCUT2D eigenvalue weighted by molar-refractivity contribution is 5.87. The van der Waals surface area contributed by atoms with Gasteiger partial charge in [-0.3, -0.25) is 4.79 Å². The molecule has 1 heterocycles. The van der Waals surface area contributed by atoms with Gasteiger partial charge >= 0.3 is 6.09 Å². The minimum atomic E-state index is -0.491. The van der Waals surface area contributed by atoms with Crippen LogP contribution < -0.4 is 5.32 Å². The molecule has 0 aromatic carbocycles. The van der Waals surface area contributed by atoms with E-state index in [2.05, 4.69) is 5.32 Å². The van der Waals surface area contributed by atoms with Gasteiger partial charge in [0.25, 0.3) is 0 Å². The largest absolute Gasteiger partial charge is 0.447 e. The van der Waals surface area contributed by atoms with Gasteiger partial charge in [-0.25, -0.2) is 4.79 Å². The maximum atomic E-state index is 12.0. The molecule has 1 saturated heterocycles. The Labute approximate surface area is 101 Å². The van der Waals surface area contributed by atoms with Crippen LogP contribution in [0.25, 0.3) is 0 Å². The van der Waals surface area contributed by atoms with Crippen molar-refractivity contribution in [3.63, 3.8) is 0 Å². The molecule has 2 amide bonds. The van der Waals surface area contributed by atoms with Gasteiger partial charge in [0, 0.05) is 13.6 Å². The first-order valence-corrected chi connectivity index (χ1v) is 6.35. The molecule has 0 aromatic rings. The van der Waals surface area contributed by atoms with Crippen molar-refractivity contribution in [3.8, 4) is 0 Å². The number of hydrogen-bond acceptors (Lipinski definition) is 3. The number of carbonyl (C=O) groups excluding carboxylic acids is 2. The fourth-order valence-electron chi connectivity index (χ4n) is 2.63. The van der Waals surface area contributed by atoms with E-state index in [9.17, 15) is 9.59 Å². The zero-order valence-electron chi connectivity index (χ0n) is 10.3. The van der Waals surface area contributed by atoms with E-state index < -0.39 is 12.1 Å². The summed E-state index contributed by atoms with van der Waals surface area (Å²) in [5.41, 5.74) is 0. The molecule has 0 unspecified atom stereocenters. The summed E-state index contributed by atoms with van der Waals surface area (Å²) >= 11 is 0. The Hall–Kier alpha value is -1.26. The number of ether oxygens (including phenoxy) is 1. The lowest BCUT2D eigenvalue weighted by Crippen LogP contribution is -2.45. The van der Waals surface area contributed by atoms with Crippen LogP contribution in [0, 0.1) is 5.92 Å². The lowest BCUT2D eigenvalue weighted by molar-refractivity contribution is -0.132. The van der Waals surface area contributed by atoms with E-state index in [1.165, 1.54) is 32.1 Å². The van der Waals surface area contributed by atoms with Crippen LogP contribution >= 0.6 is 0 Å². The number of nitrogens with zero attached hydrogens (tertiary/aromatic N) is 1. The third kappa shape index (κ3) is 3.11. The highest BCUT2D eigenvalue weighted by Gasteiger charge is 2.31. The third-order valence-electron chi connectivity index (χ3n) is 3.60. The van der Waals surface area contributed by atoms with Gasteiger partial charge < -0.3 is 15.0 Å². The minimum absolute atomic E-state index is 0.0403. The summed E-state index contributed by atoms with van der Waals surface area (Å²) in [4.78, 5) is 24.6. The lowest BCUT2D eigenvalue weighted by atomic mass is 9.89. The molecule has 0 spiro atoms. The third-order valence-corrected chi connectivity index (χ3v) is 3.60. The second kappa shape index (κ2) is 5.38. The fourth-order valence-corrected chi connectivity index (χ4v) is 2.63. The molecule has 5 nitrogen and oxygen atoms in total. The van der Waals surface area contributed by atoms with Crippen molar-refractivity contribution in [3.05, 3.63) is 0 Å². The molecule has 2 fully saturated rings. The van der Waals surface area contributed by atoms with Crippen LogP contribution in [-0.2, 0) is 9.53 Å². The molecule has 0 radical (unpaired) electrons. The number of rotatable bonds is 3. The zero-order chi connectivity index (χ0) is 12.3. The number of alkyl carbamates (subject to hydrolysis) is 1. The van der Waals surface area contributed by atoms with Crippen molar-refractivity contribution in [2.24, 2.45) is 5.92 Å². The molecule has 0 bridgehead atoms. The molecule has 1 saturated carbocycles. The Morgan fingerprint density at radius 2 is 2.12 bits per heavy atom. The summed E-state index contributed by atoms with van der Waals surface area (Å²) in [7, 11) is 1.81. The average Bonchev–Trinajstić information content (AvgIpc) is 2.76. The molecular weight excluding hydrogens is 220 g/mol. The Morgan fingerprint density at radius 3 is 2.71 bits per heavy atom. The van der Waals surface area contributed by atoms with Crippen LogP contribution in [0.5, 0.6) is 0 Å². The van der Waals surface area contributed by atoms with Crippen LogP contribution in [0.3, 0.4) is 0 Å². The Kier molecular flexibility index (Phi) is 3.86. The van der Waals surface area contributed by atoms with Crippen LogP contribution in [-0.4, -0.2) is 43.1 Å². The van der Waals surface area contributed by atoms with Crippen molar-refractivity contribution in [1.82, 2.24) is 10.2 Å². The predicted octanol–water partition coefficient (Wildman–Crippen LogP) is 1.13. The molecule has 17 heavy (non-hydrogen) atoms. The Morgan fingerprint density at radius 1 is 1.41 bits per heavy atom. The van der Waals surface area contributed by atoms with Gasteiger partial charge in [0.2, 0.25) is 5.91 Å². The second-order valence-electron chi connectivity index (χ2n) is 5.02. The smallest absolute Gasteiger partial charge is 0.407 e. The van der Waals surface area contributed by atoms with E-state index in [1.54, 1.807) is 11.9 Å². The van der Waals surface area contributed by atoms with E-state index in [4.69, 9.17) is 4.74 Å². The molecular formula is C12H20N2O3. The Bertz CT molecular complexity index is 300. The topological polar surface area (TPSA) is 58.6 Å². The van der Waals surface area contributed by atoms with Gasteiger partial charge in [-0.05, 0) is 18.8 Å². The van der Waals surface area contributed by atoms with Crippen molar-refractivity contribution in [2.75, 3.05) is 20.2 Å². The van der Waals surface area contributed by atoms with Gasteiger partial charge in [-0.1, -0.05) is 19.3 Å². The summed E-state index contributed by atoms with van der Waals surface area (Å²) < 4.78 is 4.73. The van der Waals surface area contributed by atoms with E-state index in [0.717, 1.165) is 6.54 Å². The SMILES string of the molecule is CN(CC1CCCCC1)C(=O)[C@H]1COC(=O)N1. The highest BCUT2D eigenvalue weighted by atomic mass is 16.6. The number of amides is 2. The standard InChI is InChI=1S/C12H20N2O3/c1-14(7-9-5-3-2-4-6-9)11(15)10-8-17-12(16)13-10/h9-10H,2-8H2,1H3,(H,13,16)/t10-/m1/s1. The molecule has 0 aromatic heterocycles. The summed E-state index contributed by atoms with van der Waals surface area (Å²) in [6, 6.07) is -0.490. The second-order valence-corrected chi connectivity index (χ2v) is 5.02. The first-order chi connectivity index (χ1) is 8.16. The first kappa shape index (κ1) is 12.2. The zero-order valence-corrected chi connectivity index (χ0v) is 10.3. The van der Waals surface area contributed by atoms with Crippen LogP contribution in [0.2, 0.25) is 0 Å². The van der Waals surface area contributed by atoms with Gasteiger partial charge in [0.05, 0.1) is 0 Å². The van der Waals surface area contributed by atoms with Gasteiger partial charge in [0.1, 0.15) is 12.6 Å². The number of likely N-dealkylation sites (N-methyl/N-ethyl adjacent to an activating group) is 1. The molecule has 5 heteroatoms. The van der Waals surface area contributed by atoms with E-state index in [0.29, 0.717) is 5.92 Å². The molecule has 1 aliphatic carbocycles. The number of hydrogen-bond donors (Lipinski definition) is 1. The maximum absolute atomic E-state index is 12.0. The number of carbonyl (C=O) groups is 2. The van der Waals surface area contributed by atoms with E-state index in [-0.39, 0.29) is 12.5 Å². The van der Waals surface area contributed by atoms with Gasteiger partial charge in [-0.2, -0.15) is 0 Å². The molecule has 1 N–H and O–H groups in total. The van der Waals surface area contributed by atoms with E-state index >= 15 is 0 Å². The predicted molar refractivity (Wildman–Crippen MR) is 62.5 cm³/mol. The van der Waals surface area contributed by atoms with Crippen molar-refractivity contribution >= 4 is 12.0 Å². The van der Waals surface area contributed by atoms with Crippen molar-refractivity contribution < 1.29 is 14.3 Å². The highest BCUT2D eigenvalue weighted by Crippen LogP contribution is 2.24.